The molecule has 0 aliphatic heterocycles. The number of Topliss-reactive ketones (excluding diaryl/α,β-unsaturated/α-hetero) is 1. The zero-order valence-electron chi connectivity index (χ0n) is 11.5. The van der Waals surface area contributed by atoms with Gasteiger partial charge in [0, 0.05) is 7.11 Å². The van der Waals surface area contributed by atoms with Gasteiger partial charge in [0.25, 0.3) is 0 Å². The summed E-state index contributed by atoms with van der Waals surface area (Å²) in [6.07, 6.45) is 0. The number of carbonyl (C=O) groups is 1. The molecule has 0 heterocycles. The minimum atomic E-state index is 0.152. The van der Waals surface area contributed by atoms with Crippen molar-refractivity contribution in [3.8, 4) is 0 Å². The van der Waals surface area contributed by atoms with Crippen molar-refractivity contribution in [1.82, 2.24) is 0 Å². The zero-order chi connectivity index (χ0) is 15.0. The Morgan fingerprint density at radius 3 is 2.15 bits per heavy atom. The number of aliphatic hydroxyl groups excluding tert-OH is 1. The maximum atomic E-state index is 11.5. The quantitative estimate of drug-likeness (QED) is 0.716. The summed E-state index contributed by atoms with van der Waals surface area (Å²) in [5.41, 5.74) is 3.30. The summed E-state index contributed by atoms with van der Waals surface area (Å²) in [6.45, 7) is 1.63. The third kappa shape index (κ3) is 4.66. The molecule has 1 N–H and O–H groups in total. The second-order valence-corrected chi connectivity index (χ2v) is 5.49. The topological polar surface area (TPSA) is 37.3 Å². The van der Waals surface area contributed by atoms with Gasteiger partial charge >= 0.3 is 119 Å². The van der Waals surface area contributed by atoms with E-state index in [0.29, 0.717) is 0 Å². The van der Waals surface area contributed by atoms with E-state index in [2.05, 4.69) is 19.4 Å². The number of hydrogen-bond donors (Lipinski definition) is 1. The number of ketones is 1. The number of benzene rings is 2. The van der Waals surface area contributed by atoms with Crippen LogP contribution >= 0.6 is 0 Å². The second kappa shape index (κ2) is 8.78. The summed E-state index contributed by atoms with van der Waals surface area (Å²) in [7, 11) is 3.11. The van der Waals surface area contributed by atoms with Crippen molar-refractivity contribution in [2.45, 2.75) is 6.92 Å². The maximum absolute atomic E-state index is 11.5. The van der Waals surface area contributed by atoms with Gasteiger partial charge in [0.1, 0.15) is 0 Å². The molecule has 0 amide bonds. The molecule has 0 aliphatic rings. The first-order valence-corrected chi connectivity index (χ1v) is 7.64. The van der Waals surface area contributed by atoms with Crippen LogP contribution in [0.4, 0.5) is 0 Å². The van der Waals surface area contributed by atoms with Crippen molar-refractivity contribution in [3.05, 3.63) is 60.2 Å². The summed E-state index contributed by atoms with van der Waals surface area (Å²) in [4.78, 5) is 11.5. The molecule has 0 atom stereocenters. The normalized spacial score (nSPS) is 9.15. The molecule has 20 heavy (non-hydrogen) atoms. The van der Waals surface area contributed by atoms with E-state index in [4.69, 9.17) is 5.11 Å². The molecule has 0 fully saturated rings. The van der Waals surface area contributed by atoms with Gasteiger partial charge in [-0.3, -0.25) is 0 Å². The van der Waals surface area contributed by atoms with Crippen LogP contribution in [-0.4, -0.2) is 29.2 Å². The van der Waals surface area contributed by atoms with Gasteiger partial charge in [0.2, 0.25) is 0 Å². The molecule has 2 aromatic carbocycles. The first-order chi connectivity index (χ1) is 9.68. The minimum absolute atomic E-state index is 0.152. The molecule has 0 aliphatic carbocycles. The van der Waals surface area contributed by atoms with Crippen LogP contribution in [0.3, 0.4) is 0 Å². The van der Waals surface area contributed by atoms with E-state index < -0.39 is 0 Å². The Balaban J connectivity index is 0.000000956. The van der Waals surface area contributed by atoms with E-state index in [1.165, 1.54) is 19.4 Å². The molecule has 0 unspecified atom stereocenters. The molecule has 101 valence electrons. The van der Waals surface area contributed by atoms with E-state index >= 15 is 0 Å². The van der Waals surface area contributed by atoms with Crippen LogP contribution in [0.1, 0.15) is 12.5 Å². The van der Waals surface area contributed by atoms with Crippen molar-refractivity contribution in [2.24, 2.45) is 0 Å². The Bertz CT molecular complexity index is 582. The monoisotopic (exact) mass is 435 g/mol. The third-order valence-corrected chi connectivity index (χ3v) is 4.47. The number of aliphatic hydroxyl groups is 1. The Hall–Kier alpha value is -1.31. The molecule has 2 nitrogen and oxygen atoms in total. The van der Waals surface area contributed by atoms with Gasteiger partial charge in [0.05, 0.1) is 0 Å². The smallest absolute Gasteiger partial charge is 0.0319 e. The van der Waals surface area contributed by atoms with Crippen LogP contribution < -0.4 is 10.9 Å². The van der Waals surface area contributed by atoms with Crippen molar-refractivity contribution < 1.29 is 29.3 Å². The SMILES string of the molecule is CC(=O)[C](=[W])c1ccccc1[B]c1ccccc1.CO. The molecule has 4 heteroatoms. The van der Waals surface area contributed by atoms with Gasteiger partial charge in [-0.1, -0.05) is 0 Å². The molecule has 2 aromatic rings. The van der Waals surface area contributed by atoms with Gasteiger partial charge < -0.3 is 5.11 Å². The Morgan fingerprint density at radius 2 is 1.55 bits per heavy atom. The van der Waals surface area contributed by atoms with Crippen LogP contribution in [0.15, 0.2) is 54.6 Å². The predicted molar refractivity (Wildman–Crippen MR) is 80.8 cm³/mol. The van der Waals surface area contributed by atoms with Crippen LogP contribution in [0.2, 0.25) is 0 Å². The minimum Gasteiger partial charge on any atom is -0.400 e. The Labute approximate surface area is 131 Å². The van der Waals surface area contributed by atoms with Gasteiger partial charge in [-0.05, 0) is 0 Å². The summed E-state index contributed by atoms with van der Waals surface area (Å²) >= 11 is 1.21. The fourth-order valence-corrected chi connectivity index (χ4v) is 2.42. The van der Waals surface area contributed by atoms with Gasteiger partial charge in [-0.2, -0.15) is 0 Å². The average molecular weight is 435 g/mol. The molecular weight excluding hydrogens is 419 g/mol. The van der Waals surface area contributed by atoms with Gasteiger partial charge in [0.15, 0.2) is 0 Å². The summed E-state index contributed by atoms with van der Waals surface area (Å²) in [5.74, 6) is 0.152. The molecule has 2 rings (SSSR count). The predicted octanol–water partition coefficient (Wildman–Crippen LogP) is 0.606. The maximum Gasteiger partial charge on any atom is 0.0319 e. The first kappa shape index (κ1) is 16.7. The third-order valence-electron chi connectivity index (χ3n) is 2.65. The summed E-state index contributed by atoms with van der Waals surface area (Å²) in [6, 6.07) is 18.2. The molecule has 0 bridgehead atoms. The van der Waals surface area contributed by atoms with Crippen molar-refractivity contribution >= 4 is 27.9 Å². The standard InChI is InChI=1S/C15H12BO.CH4O.W/c1-12(17)11-13-7-5-6-10-15(13)16-14-8-3-2-4-9-14;1-2;/h2-10H,1H3;2H,1H3;. The van der Waals surface area contributed by atoms with E-state index in [1.807, 2.05) is 42.5 Å². The first-order valence-electron chi connectivity index (χ1n) is 6.17. The zero-order valence-corrected chi connectivity index (χ0v) is 14.5. The van der Waals surface area contributed by atoms with Crippen LogP contribution in [0, 0.1) is 0 Å². The van der Waals surface area contributed by atoms with Crippen LogP contribution in [0.25, 0.3) is 0 Å². The molecule has 0 aromatic heterocycles. The summed E-state index contributed by atoms with van der Waals surface area (Å²) in [5, 5.41) is 7.00. The van der Waals surface area contributed by atoms with Crippen LogP contribution in [0.5, 0.6) is 0 Å². The molecule has 0 saturated heterocycles. The van der Waals surface area contributed by atoms with E-state index in [1.54, 1.807) is 6.92 Å². The van der Waals surface area contributed by atoms with Crippen molar-refractivity contribution in [3.63, 3.8) is 0 Å². The number of rotatable bonds is 4. The van der Waals surface area contributed by atoms with E-state index in [-0.39, 0.29) is 5.78 Å². The average Bonchev–Trinajstić information content (AvgIpc) is 2.50. The van der Waals surface area contributed by atoms with Crippen molar-refractivity contribution in [2.75, 3.05) is 7.11 Å². The fraction of sp³-hybridized carbons (Fsp3) is 0.125. The molecule has 0 saturated carbocycles. The van der Waals surface area contributed by atoms with Gasteiger partial charge in [-0.15, -0.1) is 0 Å². The molecule has 0 spiro atoms. The van der Waals surface area contributed by atoms with Gasteiger partial charge in [-0.25, -0.2) is 0 Å². The second-order valence-electron chi connectivity index (χ2n) is 4.03. The van der Waals surface area contributed by atoms with Crippen LogP contribution in [-0.2, 0) is 24.1 Å². The van der Waals surface area contributed by atoms with E-state index in [0.717, 1.165) is 27.5 Å². The number of carbonyl (C=O) groups excluding carboxylic acids is 1. The van der Waals surface area contributed by atoms with E-state index in [9.17, 15) is 4.79 Å². The molecule has 1 radical (unpaired) electrons. The molecular formula is C16H16BO2W. The Morgan fingerprint density at radius 1 is 1.00 bits per heavy atom. The van der Waals surface area contributed by atoms with Crippen molar-refractivity contribution in [1.29, 1.82) is 0 Å². The number of hydrogen-bond acceptors (Lipinski definition) is 2. The fourth-order valence-electron chi connectivity index (χ4n) is 1.75. The summed E-state index contributed by atoms with van der Waals surface area (Å²) < 4.78 is 0.887. The Kier molecular flexibility index (Phi) is 7.35. The largest absolute Gasteiger partial charge is 0.400 e.